The number of ether oxygens (including phenoxy) is 6. The summed E-state index contributed by atoms with van der Waals surface area (Å²) in [7, 11) is 9.81. The molecular weight excluding hydrogens is 957 g/mol. The third-order valence-electron chi connectivity index (χ3n) is 13.1. The molecule has 0 aromatic heterocycles. The van der Waals surface area contributed by atoms with Crippen molar-refractivity contribution in [1.29, 1.82) is 0 Å². The zero-order chi connectivity index (χ0) is 53.1. The minimum atomic E-state index is 0.0736. The van der Waals surface area contributed by atoms with E-state index in [1.165, 1.54) is 0 Å². The second kappa shape index (κ2) is 23.6. The van der Waals surface area contributed by atoms with Gasteiger partial charge in [0.1, 0.15) is 51.7 Å². The highest BCUT2D eigenvalue weighted by Crippen LogP contribution is 2.43. The first-order valence-electron chi connectivity index (χ1n) is 24.5. The van der Waals surface area contributed by atoms with Crippen LogP contribution in [-0.4, -0.2) is 62.9 Å². The van der Waals surface area contributed by atoms with Gasteiger partial charge in [0, 0.05) is 87.5 Å². The number of benzene rings is 9. The van der Waals surface area contributed by atoms with Gasteiger partial charge >= 0.3 is 0 Å². The van der Waals surface area contributed by atoms with Gasteiger partial charge in [0.25, 0.3) is 0 Å². The van der Waals surface area contributed by atoms with Gasteiger partial charge in [-0.1, -0.05) is 0 Å². The summed E-state index contributed by atoms with van der Waals surface area (Å²) in [6.07, 6.45) is 0. The van der Waals surface area contributed by atoms with E-state index in [0.29, 0.717) is 51.2 Å². The molecule has 0 bridgehead atoms. The lowest BCUT2D eigenvalue weighted by atomic mass is 10.1. The highest BCUT2D eigenvalue weighted by Gasteiger charge is 2.23. The third-order valence-corrected chi connectivity index (χ3v) is 13.1. The molecule has 0 radical (unpaired) electrons. The lowest BCUT2D eigenvalue weighted by molar-refractivity contribution is 0.238. The van der Waals surface area contributed by atoms with Crippen LogP contribution in [0.2, 0.25) is 0 Å². The van der Waals surface area contributed by atoms with Crippen LogP contribution in [0.1, 0.15) is 16.7 Å². The van der Waals surface area contributed by atoms with Crippen molar-refractivity contribution in [2.24, 2.45) is 0 Å². The van der Waals surface area contributed by atoms with Crippen molar-refractivity contribution in [3.8, 4) is 51.7 Å². The van der Waals surface area contributed by atoms with Gasteiger partial charge in [-0.3, -0.25) is 4.90 Å². The van der Waals surface area contributed by atoms with E-state index in [1.807, 2.05) is 182 Å². The van der Waals surface area contributed by atoms with Crippen molar-refractivity contribution in [3.05, 3.63) is 217 Å². The molecule has 9 aromatic carbocycles. The van der Waals surface area contributed by atoms with Crippen molar-refractivity contribution in [1.82, 2.24) is 4.90 Å². The van der Waals surface area contributed by atoms with Crippen molar-refractivity contribution >= 4 is 51.2 Å². The fraction of sp³-hybridized carbons (Fsp3) is 0.143. The highest BCUT2D eigenvalue weighted by molar-refractivity contribution is 5.80. The minimum absolute atomic E-state index is 0.0736. The summed E-state index contributed by atoms with van der Waals surface area (Å²) in [6, 6.07) is 63.3. The molecule has 0 aliphatic carbocycles. The van der Waals surface area contributed by atoms with Gasteiger partial charge in [-0.2, -0.15) is 0 Å². The highest BCUT2D eigenvalue weighted by atomic mass is 16.5. The minimum Gasteiger partial charge on any atom is -0.508 e. The average molecular weight is 1020 g/mol. The van der Waals surface area contributed by atoms with Crippen molar-refractivity contribution in [2.45, 2.75) is 19.6 Å². The first-order valence-corrected chi connectivity index (χ1v) is 24.5. The summed E-state index contributed by atoms with van der Waals surface area (Å²) >= 11 is 0. The van der Waals surface area contributed by atoms with E-state index in [2.05, 4.69) is 19.6 Å². The van der Waals surface area contributed by atoms with E-state index < -0.39 is 0 Å². The van der Waals surface area contributed by atoms with Crippen molar-refractivity contribution < 1.29 is 43.7 Å². The maximum atomic E-state index is 11.8. The van der Waals surface area contributed by atoms with E-state index >= 15 is 0 Å². The van der Waals surface area contributed by atoms with E-state index in [9.17, 15) is 15.3 Å². The van der Waals surface area contributed by atoms with Gasteiger partial charge in [-0.15, -0.1) is 0 Å². The lowest BCUT2D eigenvalue weighted by Crippen LogP contribution is -2.23. The molecule has 13 heteroatoms. The summed E-state index contributed by atoms with van der Waals surface area (Å²) in [5.41, 5.74) is 9.31. The standard InChI is InChI=1S/C63H60N4O9/c1-71-55-22-7-46(8-23-55)65(47-9-24-56(72-2)25-10-47)52-19-34-61(68)43(37-52)40-64(41-44-38-53(20-35-62(44)69)66(48-11-26-57(73-3)27-12-48)49-13-28-58(74-4)29-14-49)42-45-39-54(21-36-63(45)70)67(50-15-30-59(75-5)31-16-50)51-17-32-60(76-6)33-18-51/h7-39,68-70H,40-42H2,1-6H3. The van der Waals surface area contributed by atoms with Crippen LogP contribution in [0.15, 0.2) is 200 Å². The average Bonchev–Trinajstić information content (AvgIpc) is 3.47. The fourth-order valence-corrected chi connectivity index (χ4v) is 9.13. The number of hydrogen-bond acceptors (Lipinski definition) is 13. The van der Waals surface area contributed by atoms with Crippen molar-refractivity contribution in [3.63, 3.8) is 0 Å². The molecule has 0 atom stereocenters. The van der Waals surface area contributed by atoms with E-state index in [0.717, 1.165) is 51.2 Å². The number of hydrogen-bond donors (Lipinski definition) is 3. The number of methoxy groups -OCH3 is 6. The molecule has 0 unspecified atom stereocenters. The van der Waals surface area contributed by atoms with E-state index in [1.54, 1.807) is 60.9 Å². The van der Waals surface area contributed by atoms with E-state index in [-0.39, 0.29) is 36.9 Å². The summed E-state index contributed by atoms with van der Waals surface area (Å²) in [6.45, 7) is 0.564. The normalized spacial score (nSPS) is 10.9. The second-order valence-corrected chi connectivity index (χ2v) is 17.8. The Morgan fingerprint density at radius 2 is 0.421 bits per heavy atom. The number of anilines is 9. The smallest absolute Gasteiger partial charge is 0.120 e. The summed E-state index contributed by atoms with van der Waals surface area (Å²) in [4.78, 5) is 8.38. The Kier molecular flexibility index (Phi) is 16.0. The summed E-state index contributed by atoms with van der Waals surface area (Å²) < 4.78 is 33.1. The monoisotopic (exact) mass is 1020 g/mol. The Hall–Kier alpha value is -9.46. The Morgan fingerprint density at radius 3 is 0.592 bits per heavy atom. The third kappa shape index (κ3) is 11.7. The number of phenols is 3. The van der Waals surface area contributed by atoms with Crippen LogP contribution in [0.4, 0.5) is 51.2 Å². The predicted octanol–water partition coefficient (Wildman–Crippen LogP) is 14.5. The quantitative estimate of drug-likeness (QED) is 0.0632. The van der Waals surface area contributed by atoms with Crippen LogP contribution >= 0.6 is 0 Å². The molecule has 0 aliphatic rings. The Balaban J connectivity index is 1.15. The molecule has 0 aliphatic heterocycles. The fourth-order valence-electron chi connectivity index (χ4n) is 9.13. The number of rotatable bonds is 21. The van der Waals surface area contributed by atoms with Gasteiger partial charge in [0.15, 0.2) is 0 Å². The number of nitrogens with zero attached hydrogens (tertiary/aromatic N) is 4. The molecule has 0 amide bonds. The number of aromatic hydroxyl groups is 3. The zero-order valence-corrected chi connectivity index (χ0v) is 43.3. The molecule has 76 heavy (non-hydrogen) atoms. The van der Waals surface area contributed by atoms with Crippen LogP contribution in [0.5, 0.6) is 51.7 Å². The zero-order valence-electron chi connectivity index (χ0n) is 43.3. The first kappa shape index (κ1) is 51.4. The summed E-state index contributed by atoms with van der Waals surface area (Å²) in [5.74, 6) is 4.51. The molecule has 3 N–H and O–H groups in total. The predicted molar refractivity (Wildman–Crippen MR) is 301 cm³/mol. The molecule has 13 nitrogen and oxygen atoms in total. The van der Waals surface area contributed by atoms with Gasteiger partial charge in [-0.25, -0.2) is 0 Å². The van der Waals surface area contributed by atoms with Gasteiger partial charge in [0.05, 0.1) is 42.7 Å². The van der Waals surface area contributed by atoms with E-state index in [4.69, 9.17) is 28.4 Å². The van der Waals surface area contributed by atoms with Crippen LogP contribution in [-0.2, 0) is 19.6 Å². The Labute approximate surface area is 443 Å². The van der Waals surface area contributed by atoms with Crippen LogP contribution in [0, 0.1) is 0 Å². The molecule has 0 heterocycles. The van der Waals surface area contributed by atoms with Gasteiger partial charge < -0.3 is 58.4 Å². The molecule has 0 fully saturated rings. The molecule has 9 aromatic rings. The molecule has 9 rings (SSSR count). The second-order valence-electron chi connectivity index (χ2n) is 17.8. The van der Waals surface area contributed by atoms with Crippen molar-refractivity contribution in [2.75, 3.05) is 57.4 Å². The molecule has 0 saturated carbocycles. The molecular formula is C63H60N4O9. The molecule has 0 spiro atoms. The van der Waals surface area contributed by atoms with Gasteiger partial charge in [0.2, 0.25) is 0 Å². The van der Waals surface area contributed by atoms with Gasteiger partial charge in [-0.05, 0) is 200 Å². The molecule has 386 valence electrons. The first-order chi connectivity index (χ1) is 37.1. The largest absolute Gasteiger partial charge is 0.508 e. The Bertz CT molecular complexity index is 2840. The Morgan fingerprint density at radius 1 is 0.250 bits per heavy atom. The number of phenolic OH excluding ortho intramolecular Hbond substituents is 3. The van der Waals surface area contributed by atoms with Crippen LogP contribution in [0.3, 0.4) is 0 Å². The maximum Gasteiger partial charge on any atom is 0.120 e. The summed E-state index contributed by atoms with van der Waals surface area (Å²) in [5, 5.41) is 35.5. The molecule has 0 saturated heterocycles. The lowest BCUT2D eigenvalue weighted by Gasteiger charge is -2.29. The van der Waals surface area contributed by atoms with Crippen LogP contribution < -0.4 is 43.1 Å². The maximum absolute atomic E-state index is 11.8. The SMILES string of the molecule is COc1ccc(N(c2ccc(OC)cc2)c2ccc(O)c(CN(Cc3cc(N(c4ccc(OC)cc4)c4ccc(OC)cc4)ccc3O)Cc3cc(N(c4ccc(OC)cc4)c4ccc(OC)cc4)ccc3O)c2)cc1. The topological polar surface area (TPSA) is 129 Å². The van der Waals surface area contributed by atoms with Crippen LogP contribution in [0.25, 0.3) is 0 Å².